The van der Waals surface area contributed by atoms with Crippen LogP contribution in [-0.4, -0.2) is 48.3 Å². The lowest BCUT2D eigenvalue weighted by molar-refractivity contribution is -0.132. The number of rotatable bonds is 6. The standard InChI is InChI=1S/C18H21FN2O3S2/c1-2-8-21(16-7-9-26(23,24)12-16)17(22)10-15-11-25-18(20-15)13-3-5-14(19)6-4-13/h3-6,11,16H,2,7-10,12H2,1H3. The molecule has 5 nitrogen and oxygen atoms in total. The number of aromatic nitrogens is 1. The third-order valence-electron chi connectivity index (χ3n) is 4.41. The summed E-state index contributed by atoms with van der Waals surface area (Å²) in [5, 5.41) is 2.56. The van der Waals surface area contributed by atoms with Gasteiger partial charge in [-0.15, -0.1) is 11.3 Å². The lowest BCUT2D eigenvalue weighted by Gasteiger charge is -2.27. The second-order valence-electron chi connectivity index (χ2n) is 6.47. The van der Waals surface area contributed by atoms with Gasteiger partial charge in [-0.05, 0) is 37.1 Å². The van der Waals surface area contributed by atoms with Crippen molar-refractivity contribution in [3.05, 3.63) is 41.2 Å². The van der Waals surface area contributed by atoms with Crippen molar-refractivity contribution in [1.82, 2.24) is 9.88 Å². The summed E-state index contributed by atoms with van der Waals surface area (Å²) in [5.41, 5.74) is 1.46. The summed E-state index contributed by atoms with van der Waals surface area (Å²) in [5.74, 6) is -0.194. The van der Waals surface area contributed by atoms with Crippen molar-refractivity contribution in [2.75, 3.05) is 18.1 Å². The zero-order chi connectivity index (χ0) is 18.7. The van der Waals surface area contributed by atoms with E-state index in [1.807, 2.05) is 12.3 Å². The Balaban J connectivity index is 1.70. The fraction of sp³-hybridized carbons (Fsp3) is 0.444. The fourth-order valence-corrected chi connectivity index (χ4v) is 5.70. The molecule has 140 valence electrons. The quantitative estimate of drug-likeness (QED) is 0.753. The molecule has 2 heterocycles. The van der Waals surface area contributed by atoms with Gasteiger partial charge in [0.15, 0.2) is 9.84 Å². The maximum Gasteiger partial charge on any atom is 0.228 e. The van der Waals surface area contributed by atoms with E-state index >= 15 is 0 Å². The second-order valence-corrected chi connectivity index (χ2v) is 9.56. The number of benzene rings is 1. The topological polar surface area (TPSA) is 67.3 Å². The van der Waals surface area contributed by atoms with Crippen molar-refractivity contribution in [1.29, 1.82) is 0 Å². The number of thiazole rings is 1. The molecular weight excluding hydrogens is 375 g/mol. The summed E-state index contributed by atoms with van der Waals surface area (Å²) in [6.45, 7) is 2.52. The number of carbonyl (C=O) groups excluding carboxylic acids is 1. The smallest absolute Gasteiger partial charge is 0.228 e. The minimum absolute atomic E-state index is 0.0522. The maximum atomic E-state index is 13.0. The molecule has 1 saturated heterocycles. The molecule has 1 amide bonds. The number of halogens is 1. The van der Waals surface area contributed by atoms with Gasteiger partial charge < -0.3 is 4.90 Å². The van der Waals surface area contributed by atoms with Crippen LogP contribution in [-0.2, 0) is 21.1 Å². The molecule has 2 aromatic rings. The van der Waals surface area contributed by atoms with Crippen LogP contribution in [0, 0.1) is 5.82 Å². The van der Waals surface area contributed by atoms with Gasteiger partial charge in [-0.25, -0.2) is 17.8 Å². The average molecular weight is 397 g/mol. The van der Waals surface area contributed by atoms with Crippen LogP contribution in [0.5, 0.6) is 0 Å². The molecule has 1 aromatic heterocycles. The van der Waals surface area contributed by atoms with Crippen molar-refractivity contribution in [3.63, 3.8) is 0 Å². The van der Waals surface area contributed by atoms with Gasteiger partial charge >= 0.3 is 0 Å². The first-order valence-electron chi connectivity index (χ1n) is 8.58. The van der Waals surface area contributed by atoms with E-state index in [4.69, 9.17) is 0 Å². The molecule has 1 aliphatic rings. The molecule has 0 bridgehead atoms. The first-order valence-corrected chi connectivity index (χ1v) is 11.3. The minimum atomic E-state index is -3.04. The molecule has 0 N–H and O–H groups in total. The number of carbonyl (C=O) groups is 1. The molecule has 0 radical (unpaired) electrons. The molecule has 0 saturated carbocycles. The fourth-order valence-electron chi connectivity index (χ4n) is 3.14. The highest BCUT2D eigenvalue weighted by atomic mass is 32.2. The third-order valence-corrected chi connectivity index (χ3v) is 7.10. The van der Waals surface area contributed by atoms with Crippen molar-refractivity contribution in [2.24, 2.45) is 0 Å². The average Bonchev–Trinajstić information content (AvgIpc) is 3.19. The van der Waals surface area contributed by atoms with Gasteiger partial charge in [-0.2, -0.15) is 0 Å². The normalized spacial score (nSPS) is 18.8. The molecule has 26 heavy (non-hydrogen) atoms. The van der Waals surface area contributed by atoms with Gasteiger partial charge in [0.25, 0.3) is 0 Å². The highest BCUT2D eigenvalue weighted by molar-refractivity contribution is 7.91. The van der Waals surface area contributed by atoms with Gasteiger partial charge in [0.1, 0.15) is 10.8 Å². The Morgan fingerprint density at radius 1 is 1.35 bits per heavy atom. The number of nitrogens with zero attached hydrogens (tertiary/aromatic N) is 2. The third kappa shape index (κ3) is 4.48. The lowest BCUT2D eigenvalue weighted by Crippen LogP contribution is -2.42. The molecule has 1 aliphatic heterocycles. The van der Waals surface area contributed by atoms with Gasteiger partial charge in [0, 0.05) is 23.5 Å². The molecule has 0 aliphatic carbocycles. The number of hydrogen-bond donors (Lipinski definition) is 0. The number of sulfone groups is 1. The highest BCUT2D eigenvalue weighted by Crippen LogP contribution is 2.25. The van der Waals surface area contributed by atoms with Crippen LogP contribution in [0.2, 0.25) is 0 Å². The summed E-state index contributed by atoms with van der Waals surface area (Å²) in [7, 11) is -3.04. The van der Waals surface area contributed by atoms with Crippen LogP contribution in [0.1, 0.15) is 25.5 Å². The largest absolute Gasteiger partial charge is 0.338 e. The van der Waals surface area contributed by atoms with Crippen LogP contribution < -0.4 is 0 Å². The molecule has 1 aromatic carbocycles. The first kappa shape index (κ1) is 19.0. The van der Waals surface area contributed by atoms with E-state index in [0.717, 1.165) is 17.0 Å². The van der Waals surface area contributed by atoms with Crippen LogP contribution in [0.25, 0.3) is 10.6 Å². The molecule has 1 unspecified atom stereocenters. The van der Waals surface area contributed by atoms with Gasteiger partial charge in [0.05, 0.1) is 23.6 Å². The number of amides is 1. The summed E-state index contributed by atoms with van der Waals surface area (Å²) >= 11 is 1.41. The zero-order valence-corrected chi connectivity index (χ0v) is 16.2. The van der Waals surface area contributed by atoms with E-state index < -0.39 is 9.84 Å². The van der Waals surface area contributed by atoms with Crippen molar-refractivity contribution in [2.45, 2.75) is 32.2 Å². The van der Waals surface area contributed by atoms with E-state index in [2.05, 4.69) is 4.98 Å². The summed E-state index contributed by atoms with van der Waals surface area (Å²) in [6.07, 6.45) is 1.43. The van der Waals surface area contributed by atoms with Gasteiger partial charge in [-0.1, -0.05) is 6.92 Å². The number of hydrogen-bond acceptors (Lipinski definition) is 5. The predicted molar refractivity (Wildman–Crippen MR) is 100 cm³/mol. The Morgan fingerprint density at radius 3 is 2.69 bits per heavy atom. The Bertz CT molecular complexity index is 878. The van der Waals surface area contributed by atoms with E-state index in [1.54, 1.807) is 17.0 Å². The second kappa shape index (κ2) is 7.84. The maximum absolute atomic E-state index is 13.0. The van der Waals surface area contributed by atoms with Crippen LogP contribution >= 0.6 is 11.3 Å². The summed E-state index contributed by atoms with van der Waals surface area (Å²) in [4.78, 5) is 18.9. The van der Waals surface area contributed by atoms with E-state index in [9.17, 15) is 17.6 Å². The molecule has 1 fully saturated rings. The van der Waals surface area contributed by atoms with Crippen molar-refractivity contribution in [3.8, 4) is 10.6 Å². The molecular formula is C18H21FN2O3S2. The minimum Gasteiger partial charge on any atom is -0.338 e. The van der Waals surface area contributed by atoms with Gasteiger partial charge in [-0.3, -0.25) is 4.79 Å². The molecule has 8 heteroatoms. The highest BCUT2D eigenvalue weighted by Gasteiger charge is 2.34. The van der Waals surface area contributed by atoms with Crippen molar-refractivity contribution >= 4 is 27.1 Å². The van der Waals surface area contributed by atoms with E-state index in [-0.39, 0.29) is 35.7 Å². The molecule has 3 rings (SSSR count). The Hall–Kier alpha value is -1.80. The van der Waals surface area contributed by atoms with E-state index in [0.29, 0.717) is 18.7 Å². The summed E-state index contributed by atoms with van der Waals surface area (Å²) < 4.78 is 36.5. The Kier molecular flexibility index (Phi) is 5.72. The zero-order valence-electron chi connectivity index (χ0n) is 14.5. The van der Waals surface area contributed by atoms with Gasteiger partial charge in [0.2, 0.25) is 5.91 Å². The van der Waals surface area contributed by atoms with Crippen LogP contribution in [0.3, 0.4) is 0 Å². The van der Waals surface area contributed by atoms with Crippen molar-refractivity contribution < 1.29 is 17.6 Å². The Morgan fingerprint density at radius 2 is 2.08 bits per heavy atom. The molecule has 0 spiro atoms. The predicted octanol–water partition coefficient (Wildman–Crippen LogP) is 2.92. The molecule has 1 atom stereocenters. The van der Waals surface area contributed by atoms with Crippen LogP contribution in [0.4, 0.5) is 4.39 Å². The lowest BCUT2D eigenvalue weighted by atomic mass is 10.2. The first-order chi connectivity index (χ1) is 12.4. The van der Waals surface area contributed by atoms with E-state index in [1.165, 1.54) is 23.5 Å². The monoisotopic (exact) mass is 396 g/mol. The summed E-state index contributed by atoms with van der Waals surface area (Å²) in [6, 6.07) is 5.84. The SMILES string of the molecule is CCCN(C(=O)Cc1csc(-c2ccc(F)cc2)n1)C1CCS(=O)(=O)C1. The van der Waals surface area contributed by atoms with Crippen LogP contribution in [0.15, 0.2) is 29.6 Å². The Labute approximate surface area is 156 Å².